The minimum absolute atomic E-state index is 0.147. The number of rotatable bonds is 11. The van der Waals surface area contributed by atoms with Crippen molar-refractivity contribution in [2.45, 2.75) is 64.5 Å². The summed E-state index contributed by atoms with van der Waals surface area (Å²) in [6, 6.07) is 0.171. The Morgan fingerprint density at radius 1 is 1.29 bits per heavy atom. The van der Waals surface area contributed by atoms with Crippen LogP contribution in [0.15, 0.2) is 0 Å². The molecule has 0 saturated heterocycles. The lowest BCUT2D eigenvalue weighted by Gasteiger charge is -2.34. The van der Waals surface area contributed by atoms with Crippen LogP contribution in [0.4, 0.5) is 0 Å². The lowest BCUT2D eigenvalue weighted by molar-refractivity contribution is -0.147. The number of carboxylic acid groups (broad SMARTS) is 1. The van der Waals surface area contributed by atoms with Crippen molar-refractivity contribution >= 4 is 5.97 Å². The fourth-order valence-corrected chi connectivity index (χ4v) is 3.21. The van der Waals surface area contributed by atoms with E-state index in [1.54, 1.807) is 0 Å². The first-order chi connectivity index (χ1) is 10.0. The fourth-order valence-electron chi connectivity index (χ4n) is 3.21. The van der Waals surface area contributed by atoms with E-state index in [-0.39, 0.29) is 12.0 Å². The number of hydrogen-bond acceptors (Lipinski definition) is 4. The van der Waals surface area contributed by atoms with Crippen LogP contribution in [-0.4, -0.2) is 49.1 Å². The Morgan fingerprint density at radius 2 is 1.95 bits per heavy atom. The molecule has 2 unspecified atom stereocenters. The molecular weight excluding hydrogens is 270 g/mol. The molecule has 1 aliphatic carbocycles. The minimum atomic E-state index is -0.768. The highest BCUT2D eigenvalue weighted by Crippen LogP contribution is 2.38. The average Bonchev–Trinajstić information content (AvgIpc) is 2.81. The van der Waals surface area contributed by atoms with Crippen molar-refractivity contribution in [2.75, 3.05) is 26.4 Å². The van der Waals surface area contributed by atoms with Crippen LogP contribution in [0.25, 0.3) is 0 Å². The maximum absolute atomic E-state index is 11.8. The Balaban J connectivity index is 2.36. The van der Waals surface area contributed by atoms with Crippen LogP contribution < -0.4 is 5.32 Å². The van der Waals surface area contributed by atoms with Crippen molar-refractivity contribution in [3.05, 3.63) is 0 Å². The maximum atomic E-state index is 11.8. The molecule has 5 nitrogen and oxygen atoms in total. The van der Waals surface area contributed by atoms with E-state index in [2.05, 4.69) is 12.2 Å². The van der Waals surface area contributed by atoms with Gasteiger partial charge < -0.3 is 14.6 Å². The second kappa shape index (κ2) is 9.38. The molecule has 0 aromatic rings. The molecular formula is C16H31NO4. The van der Waals surface area contributed by atoms with E-state index in [1.165, 1.54) is 0 Å². The van der Waals surface area contributed by atoms with Crippen LogP contribution in [0.3, 0.4) is 0 Å². The predicted octanol–water partition coefficient (Wildman–Crippen LogP) is 2.44. The highest BCUT2D eigenvalue weighted by molar-refractivity contribution is 5.79. The SMILES string of the molecule is CCCOCCOCCC1CCCC1(NC(C)C)C(=O)O. The third-order valence-electron chi connectivity index (χ3n) is 4.08. The lowest BCUT2D eigenvalue weighted by Crippen LogP contribution is -2.57. The normalized spacial score (nSPS) is 25.6. The third kappa shape index (κ3) is 5.57. The van der Waals surface area contributed by atoms with E-state index in [9.17, 15) is 9.90 Å². The van der Waals surface area contributed by atoms with Gasteiger partial charge in [0.1, 0.15) is 5.54 Å². The third-order valence-corrected chi connectivity index (χ3v) is 4.08. The van der Waals surface area contributed by atoms with Gasteiger partial charge in [-0.3, -0.25) is 10.1 Å². The summed E-state index contributed by atoms with van der Waals surface area (Å²) >= 11 is 0. The van der Waals surface area contributed by atoms with Gasteiger partial charge in [0, 0.05) is 19.3 Å². The zero-order valence-corrected chi connectivity index (χ0v) is 13.7. The van der Waals surface area contributed by atoms with E-state index in [1.807, 2.05) is 13.8 Å². The van der Waals surface area contributed by atoms with E-state index >= 15 is 0 Å². The van der Waals surface area contributed by atoms with Crippen LogP contribution >= 0.6 is 0 Å². The topological polar surface area (TPSA) is 67.8 Å². The molecule has 0 aromatic carbocycles. The van der Waals surface area contributed by atoms with Crippen molar-refractivity contribution < 1.29 is 19.4 Å². The number of ether oxygens (including phenoxy) is 2. The summed E-state index contributed by atoms with van der Waals surface area (Å²) in [7, 11) is 0. The molecule has 1 saturated carbocycles. The summed E-state index contributed by atoms with van der Waals surface area (Å²) in [5, 5.41) is 13.0. The van der Waals surface area contributed by atoms with Gasteiger partial charge in [-0.1, -0.05) is 13.3 Å². The Labute approximate surface area is 128 Å². The molecule has 0 bridgehead atoms. The molecule has 2 atom stereocenters. The number of carboxylic acids is 1. The highest BCUT2D eigenvalue weighted by Gasteiger charge is 2.48. The predicted molar refractivity (Wildman–Crippen MR) is 82.5 cm³/mol. The maximum Gasteiger partial charge on any atom is 0.324 e. The van der Waals surface area contributed by atoms with Crippen molar-refractivity contribution in [1.29, 1.82) is 0 Å². The van der Waals surface area contributed by atoms with E-state index in [0.717, 1.165) is 32.3 Å². The molecule has 21 heavy (non-hydrogen) atoms. The lowest BCUT2D eigenvalue weighted by atomic mass is 9.84. The molecule has 0 radical (unpaired) electrons. The average molecular weight is 301 g/mol. The van der Waals surface area contributed by atoms with Crippen molar-refractivity contribution in [1.82, 2.24) is 5.32 Å². The molecule has 5 heteroatoms. The van der Waals surface area contributed by atoms with Crippen LogP contribution in [0, 0.1) is 5.92 Å². The largest absolute Gasteiger partial charge is 0.480 e. The van der Waals surface area contributed by atoms with Gasteiger partial charge in [0.05, 0.1) is 13.2 Å². The Kier molecular flexibility index (Phi) is 8.22. The van der Waals surface area contributed by atoms with Crippen LogP contribution in [-0.2, 0) is 14.3 Å². The number of nitrogens with one attached hydrogen (secondary N) is 1. The molecule has 1 fully saturated rings. The van der Waals surface area contributed by atoms with Crippen molar-refractivity contribution in [3.63, 3.8) is 0 Å². The molecule has 0 heterocycles. The van der Waals surface area contributed by atoms with Gasteiger partial charge in [0.25, 0.3) is 0 Å². The van der Waals surface area contributed by atoms with Gasteiger partial charge in [-0.2, -0.15) is 0 Å². The summed E-state index contributed by atoms with van der Waals surface area (Å²) in [5.74, 6) is -0.570. The standard InChI is InChI=1S/C16H31NO4/c1-4-9-20-11-12-21-10-7-14-6-5-8-16(14,15(18)19)17-13(2)3/h13-14,17H,4-12H2,1-3H3,(H,18,19). The molecule has 124 valence electrons. The number of carbonyl (C=O) groups is 1. The monoisotopic (exact) mass is 301 g/mol. The molecule has 0 aliphatic heterocycles. The second-order valence-electron chi connectivity index (χ2n) is 6.18. The molecule has 0 aromatic heterocycles. The van der Waals surface area contributed by atoms with Crippen LogP contribution in [0.5, 0.6) is 0 Å². The second-order valence-corrected chi connectivity index (χ2v) is 6.18. The summed E-state index contributed by atoms with van der Waals surface area (Å²) in [4.78, 5) is 11.8. The van der Waals surface area contributed by atoms with Gasteiger partial charge in [0.2, 0.25) is 0 Å². The zero-order valence-electron chi connectivity index (χ0n) is 13.7. The Bertz CT molecular complexity index is 309. The van der Waals surface area contributed by atoms with Gasteiger partial charge in [-0.05, 0) is 45.4 Å². The van der Waals surface area contributed by atoms with Gasteiger partial charge in [-0.15, -0.1) is 0 Å². The van der Waals surface area contributed by atoms with E-state index in [4.69, 9.17) is 9.47 Å². The summed E-state index contributed by atoms with van der Waals surface area (Å²) in [6.07, 6.45) is 4.45. The minimum Gasteiger partial charge on any atom is -0.480 e. The zero-order chi connectivity index (χ0) is 15.7. The fraction of sp³-hybridized carbons (Fsp3) is 0.938. The smallest absolute Gasteiger partial charge is 0.324 e. The molecule has 0 amide bonds. The van der Waals surface area contributed by atoms with Gasteiger partial charge in [0.15, 0.2) is 0 Å². The molecule has 2 N–H and O–H groups in total. The van der Waals surface area contributed by atoms with Crippen molar-refractivity contribution in [2.24, 2.45) is 5.92 Å². The van der Waals surface area contributed by atoms with Crippen LogP contribution in [0.2, 0.25) is 0 Å². The van der Waals surface area contributed by atoms with Crippen LogP contribution in [0.1, 0.15) is 52.9 Å². The van der Waals surface area contributed by atoms with Crippen molar-refractivity contribution in [3.8, 4) is 0 Å². The van der Waals surface area contributed by atoms with E-state index < -0.39 is 11.5 Å². The molecule has 0 spiro atoms. The van der Waals surface area contributed by atoms with Gasteiger partial charge >= 0.3 is 5.97 Å². The first-order valence-corrected chi connectivity index (χ1v) is 8.19. The molecule has 1 aliphatic rings. The Morgan fingerprint density at radius 3 is 2.52 bits per heavy atom. The quantitative estimate of drug-likeness (QED) is 0.574. The molecule has 1 rings (SSSR count). The first kappa shape index (κ1) is 18.4. The van der Waals surface area contributed by atoms with E-state index in [0.29, 0.717) is 26.2 Å². The highest BCUT2D eigenvalue weighted by atomic mass is 16.5. The summed E-state index contributed by atoms with van der Waals surface area (Å²) < 4.78 is 10.9. The van der Waals surface area contributed by atoms with Gasteiger partial charge in [-0.25, -0.2) is 0 Å². The Hall–Kier alpha value is -0.650. The summed E-state index contributed by atoms with van der Waals surface area (Å²) in [6.45, 7) is 8.66. The number of aliphatic carboxylic acids is 1. The summed E-state index contributed by atoms with van der Waals surface area (Å²) in [5.41, 5.74) is -0.768. The first-order valence-electron chi connectivity index (χ1n) is 8.19. The number of hydrogen-bond donors (Lipinski definition) is 2.